The maximum Gasteiger partial charge on any atom is 0.245 e. The maximum absolute atomic E-state index is 13.7. The van der Waals surface area contributed by atoms with Crippen LogP contribution in [0.2, 0.25) is 5.02 Å². The van der Waals surface area contributed by atoms with Gasteiger partial charge in [-0.25, -0.2) is 17.1 Å². The number of hydrogen-bond acceptors (Lipinski definition) is 3. The van der Waals surface area contributed by atoms with Gasteiger partial charge in [-0.3, -0.25) is 0 Å². The van der Waals surface area contributed by atoms with Crippen LogP contribution in [-0.2, 0) is 10.0 Å². The van der Waals surface area contributed by atoms with Crippen molar-refractivity contribution in [2.45, 2.75) is 31.2 Å². The summed E-state index contributed by atoms with van der Waals surface area (Å²) < 4.78 is 39.3. The molecule has 1 aromatic rings. The first-order valence-electron chi connectivity index (χ1n) is 6.33. The highest BCUT2D eigenvalue weighted by atomic mass is 35.5. The molecule has 1 unspecified atom stereocenters. The summed E-state index contributed by atoms with van der Waals surface area (Å²) in [4.78, 5) is -0.373. The van der Waals surface area contributed by atoms with Crippen molar-refractivity contribution < 1.29 is 12.8 Å². The van der Waals surface area contributed by atoms with Gasteiger partial charge in [0.1, 0.15) is 10.7 Å². The van der Waals surface area contributed by atoms with Crippen LogP contribution in [0.4, 0.5) is 4.39 Å². The average Bonchev–Trinajstić information content (AvgIpc) is 2.34. The molecule has 0 aliphatic rings. The quantitative estimate of drug-likeness (QED) is 0.850. The van der Waals surface area contributed by atoms with Gasteiger partial charge in [0.2, 0.25) is 10.0 Å². The molecule has 21 heavy (non-hydrogen) atoms. The van der Waals surface area contributed by atoms with Crippen molar-refractivity contribution in [3.8, 4) is 0 Å². The smallest absolute Gasteiger partial charge is 0.245 e. The maximum atomic E-state index is 13.7. The van der Waals surface area contributed by atoms with Crippen LogP contribution < -0.4 is 5.73 Å². The van der Waals surface area contributed by atoms with Gasteiger partial charge >= 0.3 is 0 Å². The zero-order chi connectivity index (χ0) is 15.5. The Morgan fingerprint density at radius 3 is 2.43 bits per heavy atom. The van der Waals surface area contributed by atoms with E-state index in [1.165, 1.54) is 19.2 Å². The lowest BCUT2D eigenvalue weighted by Gasteiger charge is -2.21. The number of benzene rings is 1. The molecule has 0 saturated carbocycles. The molecule has 0 radical (unpaired) electrons. The Balaban J connectivity index is 0.00000400. The second-order valence-electron chi connectivity index (χ2n) is 5.10. The van der Waals surface area contributed by atoms with Crippen LogP contribution in [0.5, 0.6) is 0 Å². The molecule has 1 atom stereocenters. The number of nitrogens with two attached hydrogens (primary N) is 1. The molecule has 4 nitrogen and oxygen atoms in total. The summed E-state index contributed by atoms with van der Waals surface area (Å²) in [6.45, 7) is 4.18. The zero-order valence-corrected chi connectivity index (χ0v) is 14.6. The molecule has 1 aromatic carbocycles. The van der Waals surface area contributed by atoms with E-state index in [1.807, 2.05) is 13.8 Å². The van der Waals surface area contributed by atoms with E-state index < -0.39 is 15.8 Å². The normalized spacial score (nSPS) is 13.3. The van der Waals surface area contributed by atoms with Crippen molar-refractivity contribution in [1.82, 2.24) is 4.31 Å². The van der Waals surface area contributed by atoms with Crippen molar-refractivity contribution in [2.75, 3.05) is 13.6 Å². The van der Waals surface area contributed by atoms with Crippen LogP contribution in [0.25, 0.3) is 0 Å². The van der Waals surface area contributed by atoms with E-state index in [-0.39, 0.29) is 40.8 Å². The standard InChI is InChI=1S/C13H20ClFN2O2S.ClH/c1-9(2)12(16)6-7-17(3)20(18,19)13-5-4-10(14)8-11(13)15;/h4-5,8-9,12H,6-7,16H2,1-3H3;1H. The molecule has 0 saturated heterocycles. The Bertz CT molecular complexity index is 567. The van der Waals surface area contributed by atoms with Crippen LogP contribution in [-0.4, -0.2) is 32.4 Å². The van der Waals surface area contributed by atoms with Crippen molar-refractivity contribution in [2.24, 2.45) is 11.7 Å². The lowest BCUT2D eigenvalue weighted by atomic mass is 10.0. The van der Waals surface area contributed by atoms with Gasteiger partial charge in [0.25, 0.3) is 0 Å². The first kappa shape index (κ1) is 20.6. The molecular formula is C13H21Cl2FN2O2S. The molecule has 0 bridgehead atoms. The van der Waals surface area contributed by atoms with E-state index in [1.54, 1.807) is 0 Å². The van der Waals surface area contributed by atoms with Crippen molar-refractivity contribution in [3.63, 3.8) is 0 Å². The van der Waals surface area contributed by atoms with Gasteiger partial charge in [-0.05, 0) is 30.5 Å². The number of rotatable bonds is 6. The predicted molar refractivity (Wildman–Crippen MR) is 85.9 cm³/mol. The Morgan fingerprint density at radius 1 is 1.38 bits per heavy atom. The van der Waals surface area contributed by atoms with Crippen molar-refractivity contribution in [1.29, 1.82) is 0 Å². The zero-order valence-electron chi connectivity index (χ0n) is 12.2. The molecule has 0 amide bonds. The lowest BCUT2D eigenvalue weighted by molar-refractivity contribution is 0.396. The molecule has 0 aliphatic heterocycles. The Kier molecular flexibility index (Phi) is 8.13. The number of nitrogens with zero attached hydrogens (tertiary/aromatic N) is 1. The van der Waals surface area contributed by atoms with Crippen LogP contribution >= 0.6 is 24.0 Å². The molecular weight excluding hydrogens is 338 g/mol. The van der Waals surface area contributed by atoms with E-state index in [9.17, 15) is 12.8 Å². The largest absolute Gasteiger partial charge is 0.327 e. The molecule has 1 rings (SSSR count). The second-order valence-corrected chi connectivity index (χ2v) is 7.55. The van der Waals surface area contributed by atoms with Gasteiger partial charge < -0.3 is 5.73 Å². The van der Waals surface area contributed by atoms with Gasteiger partial charge in [-0.2, -0.15) is 0 Å². The van der Waals surface area contributed by atoms with Gasteiger partial charge in [0.15, 0.2) is 0 Å². The first-order valence-corrected chi connectivity index (χ1v) is 8.15. The molecule has 0 aliphatic carbocycles. The highest BCUT2D eigenvalue weighted by molar-refractivity contribution is 7.89. The van der Waals surface area contributed by atoms with Crippen LogP contribution in [0.1, 0.15) is 20.3 Å². The number of hydrogen-bond donors (Lipinski definition) is 1. The fourth-order valence-corrected chi connectivity index (χ4v) is 3.02. The molecule has 2 N–H and O–H groups in total. The summed E-state index contributed by atoms with van der Waals surface area (Å²) in [6.07, 6.45) is 0.516. The Morgan fingerprint density at radius 2 is 1.95 bits per heavy atom. The second kappa shape index (κ2) is 8.29. The van der Waals surface area contributed by atoms with Gasteiger partial charge in [-0.1, -0.05) is 25.4 Å². The minimum absolute atomic E-state index is 0. The molecule has 0 spiro atoms. The third kappa shape index (κ3) is 5.38. The topological polar surface area (TPSA) is 63.4 Å². The summed E-state index contributed by atoms with van der Waals surface area (Å²) in [5.74, 6) is -0.587. The molecule has 0 fully saturated rings. The summed E-state index contributed by atoms with van der Waals surface area (Å²) in [6, 6.07) is 3.42. The van der Waals surface area contributed by atoms with E-state index in [4.69, 9.17) is 17.3 Å². The van der Waals surface area contributed by atoms with E-state index >= 15 is 0 Å². The van der Waals surface area contributed by atoms with E-state index in [0.29, 0.717) is 6.42 Å². The van der Waals surface area contributed by atoms with Gasteiger partial charge in [-0.15, -0.1) is 12.4 Å². The van der Waals surface area contributed by atoms with Crippen LogP contribution in [0.15, 0.2) is 23.1 Å². The monoisotopic (exact) mass is 358 g/mol. The van der Waals surface area contributed by atoms with Crippen LogP contribution in [0.3, 0.4) is 0 Å². The summed E-state index contributed by atoms with van der Waals surface area (Å²) in [5, 5.41) is 0.158. The first-order chi connectivity index (χ1) is 9.16. The highest BCUT2D eigenvalue weighted by Crippen LogP contribution is 2.22. The van der Waals surface area contributed by atoms with Gasteiger partial charge in [0, 0.05) is 24.7 Å². The molecule has 0 heterocycles. The minimum atomic E-state index is -3.86. The molecule has 8 heteroatoms. The van der Waals surface area contributed by atoms with Gasteiger partial charge in [0.05, 0.1) is 0 Å². The van der Waals surface area contributed by atoms with Crippen LogP contribution in [0, 0.1) is 11.7 Å². The van der Waals surface area contributed by atoms with E-state index in [0.717, 1.165) is 10.4 Å². The summed E-state index contributed by atoms with van der Waals surface area (Å²) >= 11 is 5.62. The Hall–Kier alpha value is -0.400. The Labute approximate surface area is 136 Å². The van der Waals surface area contributed by atoms with E-state index in [2.05, 4.69) is 0 Å². The van der Waals surface area contributed by atoms with Crippen molar-refractivity contribution in [3.05, 3.63) is 29.0 Å². The highest BCUT2D eigenvalue weighted by Gasteiger charge is 2.25. The fourth-order valence-electron chi connectivity index (χ4n) is 1.64. The molecule has 122 valence electrons. The average molecular weight is 359 g/mol. The third-order valence-corrected chi connectivity index (χ3v) is 5.34. The lowest BCUT2D eigenvalue weighted by Crippen LogP contribution is -2.35. The SMILES string of the molecule is CC(C)C(N)CCN(C)S(=O)(=O)c1ccc(Cl)cc1F.Cl. The number of sulfonamides is 1. The summed E-state index contributed by atoms with van der Waals surface area (Å²) in [5.41, 5.74) is 5.88. The third-order valence-electron chi connectivity index (χ3n) is 3.22. The number of halogens is 3. The fraction of sp³-hybridized carbons (Fsp3) is 0.538. The molecule has 0 aromatic heterocycles. The predicted octanol–water partition coefficient (Wildman–Crippen LogP) is 2.89. The summed E-state index contributed by atoms with van der Waals surface area (Å²) in [7, 11) is -2.45. The van der Waals surface area contributed by atoms with Crippen molar-refractivity contribution >= 4 is 34.0 Å². The minimum Gasteiger partial charge on any atom is -0.327 e.